The number of rotatable bonds is 5. The van der Waals surface area contributed by atoms with Crippen LogP contribution in [0.2, 0.25) is 0 Å². The number of anilines is 1. The molecule has 0 aliphatic carbocycles. The van der Waals surface area contributed by atoms with Crippen molar-refractivity contribution in [1.82, 2.24) is 4.98 Å². The smallest absolute Gasteiger partial charge is 0.144 e. The molecule has 0 saturated carbocycles. The van der Waals surface area contributed by atoms with E-state index in [1.54, 1.807) is 25.6 Å². The monoisotopic (exact) mass is 314 g/mol. The molecule has 0 bridgehead atoms. The van der Waals surface area contributed by atoms with Crippen LogP contribution in [0.3, 0.4) is 0 Å². The van der Waals surface area contributed by atoms with Crippen molar-refractivity contribution in [2.75, 3.05) is 19.5 Å². The predicted molar refractivity (Wildman–Crippen MR) is 91.2 cm³/mol. The van der Waals surface area contributed by atoms with Crippen LogP contribution < -0.4 is 14.8 Å². The summed E-state index contributed by atoms with van der Waals surface area (Å²) in [6.45, 7) is 2.66. The number of nitrogens with one attached hydrogen (secondary N) is 1. The van der Waals surface area contributed by atoms with Crippen LogP contribution in [0.5, 0.6) is 11.5 Å². The van der Waals surface area contributed by atoms with Crippen LogP contribution in [0.15, 0.2) is 35.7 Å². The first-order chi connectivity index (χ1) is 10.7. The zero-order valence-electron chi connectivity index (χ0n) is 12.8. The molecule has 0 spiro atoms. The standard InChI is InChI=1S/C17H18N2O2S/c1-11-8-12-6-7-22-16(12)17(19-11)18-10-13-4-5-14(20-2)9-15(13)21-3/h4-9H,10H2,1-3H3,(H,18,19). The zero-order chi connectivity index (χ0) is 15.5. The van der Waals surface area contributed by atoms with E-state index in [0.29, 0.717) is 6.54 Å². The van der Waals surface area contributed by atoms with Crippen molar-refractivity contribution in [2.45, 2.75) is 13.5 Å². The zero-order valence-corrected chi connectivity index (χ0v) is 13.7. The van der Waals surface area contributed by atoms with Gasteiger partial charge in [0.2, 0.25) is 0 Å². The number of nitrogens with zero attached hydrogens (tertiary/aromatic N) is 1. The second kappa shape index (κ2) is 6.23. The number of hydrogen-bond acceptors (Lipinski definition) is 5. The maximum absolute atomic E-state index is 5.43. The third-order valence-corrected chi connectivity index (χ3v) is 4.44. The van der Waals surface area contributed by atoms with Gasteiger partial charge in [-0.2, -0.15) is 0 Å². The molecule has 22 heavy (non-hydrogen) atoms. The second-order valence-electron chi connectivity index (χ2n) is 4.98. The van der Waals surface area contributed by atoms with E-state index in [9.17, 15) is 0 Å². The van der Waals surface area contributed by atoms with Crippen LogP contribution in [0.4, 0.5) is 5.82 Å². The Labute approximate surface area is 133 Å². The number of ether oxygens (including phenoxy) is 2. The molecule has 0 radical (unpaired) electrons. The summed E-state index contributed by atoms with van der Waals surface area (Å²) in [5.74, 6) is 2.51. The Balaban J connectivity index is 1.86. The van der Waals surface area contributed by atoms with Gasteiger partial charge in [0.1, 0.15) is 17.3 Å². The molecule has 0 saturated heterocycles. The number of benzene rings is 1. The van der Waals surface area contributed by atoms with E-state index in [1.807, 2.05) is 25.1 Å². The molecule has 0 atom stereocenters. The number of hydrogen-bond donors (Lipinski definition) is 1. The van der Waals surface area contributed by atoms with Gasteiger partial charge in [-0.25, -0.2) is 4.98 Å². The van der Waals surface area contributed by atoms with Gasteiger partial charge in [-0.1, -0.05) is 0 Å². The molecule has 4 nitrogen and oxygen atoms in total. The van der Waals surface area contributed by atoms with Crippen molar-refractivity contribution in [3.8, 4) is 11.5 Å². The first-order valence-corrected chi connectivity index (χ1v) is 7.89. The SMILES string of the molecule is COc1ccc(CNc2nc(C)cc3ccsc23)c(OC)c1. The Hall–Kier alpha value is -2.27. The van der Waals surface area contributed by atoms with Crippen LogP contribution in [0.1, 0.15) is 11.3 Å². The van der Waals surface area contributed by atoms with Crippen LogP contribution in [-0.2, 0) is 6.54 Å². The van der Waals surface area contributed by atoms with Crippen LogP contribution in [-0.4, -0.2) is 19.2 Å². The fourth-order valence-corrected chi connectivity index (χ4v) is 3.25. The lowest BCUT2D eigenvalue weighted by atomic mass is 10.2. The van der Waals surface area contributed by atoms with E-state index >= 15 is 0 Å². The molecule has 3 rings (SSSR count). The van der Waals surface area contributed by atoms with Gasteiger partial charge in [-0.05, 0) is 42.0 Å². The normalized spacial score (nSPS) is 10.7. The van der Waals surface area contributed by atoms with Crippen LogP contribution in [0.25, 0.3) is 10.1 Å². The molecular weight excluding hydrogens is 296 g/mol. The Morgan fingerprint density at radius 1 is 1.14 bits per heavy atom. The highest BCUT2D eigenvalue weighted by Crippen LogP contribution is 2.30. The molecule has 114 valence electrons. The third-order valence-electron chi connectivity index (χ3n) is 3.50. The molecule has 0 unspecified atom stereocenters. The molecule has 2 aromatic heterocycles. The van der Waals surface area contributed by atoms with E-state index in [0.717, 1.165) is 28.6 Å². The molecule has 0 fully saturated rings. The predicted octanol–water partition coefficient (Wildman–Crippen LogP) is 4.23. The van der Waals surface area contributed by atoms with Crippen molar-refractivity contribution in [3.63, 3.8) is 0 Å². The number of aryl methyl sites for hydroxylation is 1. The summed E-state index contributed by atoms with van der Waals surface area (Å²) in [6, 6.07) is 10.1. The maximum Gasteiger partial charge on any atom is 0.144 e. The molecule has 1 N–H and O–H groups in total. The van der Waals surface area contributed by atoms with Gasteiger partial charge in [0.25, 0.3) is 0 Å². The quantitative estimate of drug-likeness (QED) is 0.765. The molecule has 1 aromatic carbocycles. The Bertz CT molecular complexity index is 798. The summed E-state index contributed by atoms with van der Waals surface area (Å²) in [5.41, 5.74) is 2.08. The highest BCUT2D eigenvalue weighted by atomic mass is 32.1. The van der Waals surface area contributed by atoms with E-state index < -0.39 is 0 Å². The molecule has 5 heteroatoms. The summed E-state index contributed by atoms with van der Waals surface area (Å²) < 4.78 is 11.8. The lowest BCUT2D eigenvalue weighted by Crippen LogP contribution is -2.04. The minimum atomic E-state index is 0.649. The molecule has 0 amide bonds. The summed E-state index contributed by atoms with van der Waals surface area (Å²) in [6.07, 6.45) is 0. The molecule has 0 aliphatic heterocycles. The van der Waals surface area contributed by atoms with Gasteiger partial charge in [-0.3, -0.25) is 0 Å². The minimum absolute atomic E-state index is 0.649. The van der Waals surface area contributed by atoms with Crippen LogP contribution >= 0.6 is 11.3 Å². The summed E-state index contributed by atoms with van der Waals surface area (Å²) in [7, 11) is 3.32. The first kappa shape index (κ1) is 14.7. The number of aromatic nitrogens is 1. The van der Waals surface area contributed by atoms with Gasteiger partial charge >= 0.3 is 0 Å². The van der Waals surface area contributed by atoms with E-state index in [1.165, 1.54) is 10.1 Å². The summed E-state index contributed by atoms with van der Waals surface area (Å²) in [5, 5.41) is 6.73. The number of pyridine rings is 1. The average molecular weight is 314 g/mol. The van der Waals surface area contributed by atoms with Gasteiger partial charge in [0.15, 0.2) is 0 Å². The third kappa shape index (κ3) is 2.85. The summed E-state index contributed by atoms with van der Waals surface area (Å²) in [4.78, 5) is 4.61. The van der Waals surface area contributed by atoms with E-state index in [2.05, 4.69) is 27.8 Å². The molecule has 3 aromatic rings. The molecule has 2 heterocycles. The first-order valence-electron chi connectivity index (χ1n) is 7.01. The number of methoxy groups -OCH3 is 2. The van der Waals surface area contributed by atoms with Gasteiger partial charge in [0, 0.05) is 23.9 Å². The van der Waals surface area contributed by atoms with Crippen molar-refractivity contribution in [1.29, 1.82) is 0 Å². The highest BCUT2D eigenvalue weighted by molar-refractivity contribution is 7.17. The van der Waals surface area contributed by atoms with Gasteiger partial charge in [0.05, 0.1) is 18.9 Å². The molecule has 0 aliphatic rings. The van der Waals surface area contributed by atoms with Crippen LogP contribution in [0, 0.1) is 6.92 Å². The van der Waals surface area contributed by atoms with Crippen molar-refractivity contribution in [3.05, 3.63) is 47.0 Å². The largest absolute Gasteiger partial charge is 0.497 e. The van der Waals surface area contributed by atoms with Crippen molar-refractivity contribution >= 4 is 27.2 Å². The second-order valence-corrected chi connectivity index (χ2v) is 5.90. The fourth-order valence-electron chi connectivity index (χ4n) is 2.41. The lowest BCUT2D eigenvalue weighted by Gasteiger charge is -2.12. The average Bonchev–Trinajstić information content (AvgIpc) is 3.00. The van der Waals surface area contributed by atoms with Gasteiger partial charge < -0.3 is 14.8 Å². The fraction of sp³-hybridized carbons (Fsp3) is 0.235. The Kier molecular flexibility index (Phi) is 4.15. The Morgan fingerprint density at radius 3 is 2.77 bits per heavy atom. The number of thiophene rings is 1. The van der Waals surface area contributed by atoms with Gasteiger partial charge in [-0.15, -0.1) is 11.3 Å². The molecular formula is C17H18N2O2S. The Morgan fingerprint density at radius 2 is 2.00 bits per heavy atom. The lowest BCUT2D eigenvalue weighted by molar-refractivity contribution is 0.391. The van der Waals surface area contributed by atoms with Crippen molar-refractivity contribution in [2.24, 2.45) is 0 Å². The minimum Gasteiger partial charge on any atom is -0.497 e. The van der Waals surface area contributed by atoms with E-state index in [-0.39, 0.29) is 0 Å². The summed E-state index contributed by atoms with van der Waals surface area (Å²) >= 11 is 1.70. The topological polar surface area (TPSA) is 43.4 Å². The maximum atomic E-state index is 5.43. The van der Waals surface area contributed by atoms with E-state index in [4.69, 9.17) is 9.47 Å². The highest BCUT2D eigenvalue weighted by Gasteiger charge is 2.08. The van der Waals surface area contributed by atoms with Crippen molar-refractivity contribution < 1.29 is 9.47 Å². The number of fused-ring (bicyclic) bond motifs is 1.